The van der Waals surface area contributed by atoms with Crippen LogP contribution in [-0.4, -0.2) is 25.5 Å². The van der Waals surface area contributed by atoms with Crippen LogP contribution in [0.2, 0.25) is 5.02 Å². The normalized spacial score (nSPS) is 10.7. The van der Waals surface area contributed by atoms with Gasteiger partial charge in [-0.05, 0) is 24.6 Å². The monoisotopic (exact) mass is 329 g/mol. The lowest BCUT2D eigenvalue weighted by Crippen LogP contribution is -2.12. The van der Waals surface area contributed by atoms with Gasteiger partial charge >= 0.3 is 0 Å². The molecule has 0 aliphatic rings. The van der Waals surface area contributed by atoms with Gasteiger partial charge in [0.2, 0.25) is 0 Å². The minimum absolute atomic E-state index is 0.193. The highest BCUT2D eigenvalue weighted by Gasteiger charge is 2.13. The van der Waals surface area contributed by atoms with E-state index in [1.165, 1.54) is 0 Å². The van der Waals surface area contributed by atoms with Crippen molar-refractivity contribution in [3.05, 3.63) is 64.7 Å². The molecule has 0 saturated carbocycles. The number of aryl methyl sites for hydroxylation is 1. The largest absolute Gasteiger partial charge is 0.319 e. The molecule has 1 aromatic carbocycles. The first-order valence-corrected chi connectivity index (χ1v) is 7.47. The van der Waals surface area contributed by atoms with Gasteiger partial charge in [-0.15, -0.1) is 0 Å². The third kappa shape index (κ3) is 3.43. The molecule has 3 rings (SSSR count). The second kappa shape index (κ2) is 6.26. The van der Waals surface area contributed by atoms with Gasteiger partial charge in [0.15, 0.2) is 0 Å². The molecule has 0 aliphatic carbocycles. The lowest BCUT2D eigenvalue weighted by molar-refractivity contribution is 0.102. The molecule has 0 aliphatic heterocycles. The topological polar surface area (TPSA) is 64.7 Å². The van der Waals surface area contributed by atoms with Crippen molar-refractivity contribution in [2.75, 3.05) is 5.32 Å². The highest BCUT2D eigenvalue weighted by molar-refractivity contribution is 6.30. The number of carbonyl (C=O) groups is 1. The zero-order chi connectivity index (χ0) is 16.4. The van der Waals surface area contributed by atoms with Gasteiger partial charge in [0.25, 0.3) is 5.91 Å². The third-order valence-corrected chi connectivity index (χ3v) is 3.88. The summed E-state index contributed by atoms with van der Waals surface area (Å²) in [5, 5.41) is 11.9. The van der Waals surface area contributed by atoms with Crippen LogP contribution in [-0.2, 0) is 13.6 Å². The predicted molar refractivity (Wildman–Crippen MR) is 88.7 cm³/mol. The average Bonchev–Trinajstić information content (AvgIpc) is 3.09. The van der Waals surface area contributed by atoms with Crippen molar-refractivity contribution in [3.8, 4) is 0 Å². The fourth-order valence-electron chi connectivity index (χ4n) is 2.21. The van der Waals surface area contributed by atoms with Gasteiger partial charge in [-0.1, -0.05) is 23.7 Å². The number of hydrogen-bond donors (Lipinski definition) is 1. The Morgan fingerprint density at radius 3 is 2.61 bits per heavy atom. The summed E-state index contributed by atoms with van der Waals surface area (Å²) in [5.41, 5.74) is 3.10. The summed E-state index contributed by atoms with van der Waals surface area (Å²) >= 11 is 5.87. The number of nitrogens with one attached hydrogen (secondary N) is 1. The molecule has 2 heterocycles. The van der Waals surface area contributed by atoms with E-state index in [2.05, 4.69) is 15.5 Å². The van der Waals surface area contributed by atoms with E-state index in [1.807, 2.05) is 31.2 Å². The van der Waals surface area contributed by atoms with E-state index in [-0.39, 0.29) is 5.91 Å². The van der Waals surface area contributed by atoms with Gasteiger partial charge in [0.1, 0.15) is 0 Å². The molecule has 3 aromatic rings. The van der Waals surface area contributed by atoms with Crippen molar-refractivity contribution >= 4 is 23.2 Å². The maximum Gasteiger partial charge on any atom is 0.259 e. The lowest BCUT2D eigenvalue weighted by atomic mass is 10.2. The van der Waals surface area contributed by atoms with Crippen LogP contribution in [0.15, 0.2) is 42.9 Å². The first kappa shape index (κ1) is 15.3. The van der Waals surface area contributed by atoms with Crippen LogP contribution < -0.4 is 5.32 Å². The minimum atomic E-state index is -0.193. The first-order valence-electron chi connectivity index (χ1n) is 7.10. The zero-order valence-electron chi connectivity index (χ0n) is 12.8. The highest BCUT2D eigenvalue weighted by Crippen LogP contribution is 2.13. The Bertz CT molecular complexity index is 835. The van der Waals surface area contributed by atoms with Gasteiger partial charge < -0.3 is 5.32 Å². The molecule has 0 unspecified atom stereocenters. The van der Waals surface area contributed by atoms with Crippen LogP contribution in [0, 0.1) is 6.92 Å². The van der Waals surface area contributed by atoms with Crippen molar-refractivity contribution in [2.45, 2.75) is 13.5 Å². The summed E-state index contributed by atoms with van der Waals surface area (Å²) in [6.07, 6.45) is 4.97. The van der Waals surface area contributed by atoms with Crippen molar-refractivity contribution in [1.82, 2.24) is 19.6 Å². The number of aromatic nitrogens is 4. The van der Waals surface area contributed by atoms with Crippen LogP contribution >= 0.6 is 11.6 Å². The second-order valence-corrected chi connectivity index (χ2v) is 5.71. The van der Waals surface area contributed by atoms with E-state index in [0.29, 0.717) is 22.8 Å². The number of nitrogens with zero attached hydrogens (tertiary/aromatic N) is 4. The Morgan fingerprint density at radius 1 is 1.22 bits per heavy atom. The molecule has 118 valence electrons. The first-order chi connectivity index (χ1) is 11.0. The third-order valence-electron chi connectivity index (χ3n) is 3.63. The number of benzene rings is 1. The maximum absolute atomic E-state index is 12.2. The molecule has 1 N–H and O–H groups in total. The highest BCUT2D eigenvalue weighted by atomic mass is 35.5. The number of anilines is 1. The Balaban J connectivity index is 1.68. The summed E-state index contributed by atoms with van der Waals surface area (Å²) < 4.78 is 3.42. The Morgan fingerprint density at radius 2 is 1.96 bits per heavy atom. The summed E-state index contributed by atoms with van der Waals surface area (Å²) in [6.45, 7) is 2.46. The maximum atomic E-state index is 12.2. The molecule has 0 spiro atoms. The van der Waals surface area contributed by atoms with E-state index in [0.717, 1.165) is 11.3 Å². The number of amides is 1. The molecule has 0 saturated heterocycles. The lowest BCUT2D eigenvalue weighted by Gasteiger charge is -2.03. The molecule has 7 heteroatoms. The molecule has 0 fully saturated rings. The molecule has 0 atom stereocenters. The second-order valence-electron chi connectivity index (χ2n) is 5.27. The van der Waals surface area contributed by atoms with Gasteiger partial charge in [-0.3, -0.25) is 14.2 Å². The fraction of sp³-hybridized carbons (Fsp3) is 0.188. The number of carbonyl (C=O) groups excluding carboxylic acids is 1. The van der Waals surface area contributed by atoms with Gasteiger partial charge in [0, 0.05) is 24.0 Å². The summed E-state index contributed by atoms with van der Waals surface area (Å²) in [4.78, 5) is 12.2. The Hall–Kier alpha value is -2.60. The van der Waals surface area contributed by atoms with E-state index >= 15 is 0 Å². The van der Waals surface area contributed by atoms with E-state index < -0.39 is 0 Å². The van der Waals surface area contributed by atoms with Crippen LogP contribution in [0.4, 0.5) is 5.69 Å². The number of rotatable bonds is 4. The van der Waals surface area contributed by atoms with Crippen molar-refractivity contribution in [2.24, 2.45) is 7.05 Å². The summed E-state index contributed by atoms with van der Waals surface area (Å²) in [5.74, 6) is -0.193. The van der Waals surface area contributed by atoms with Crippen molar-refractivity contribution in [3.63, 3.8) is 0 Å². The molecule has 2 aromatic heterocycles. The van der Waals surface area contributed by atoms with Crippen LogP contribution in [0.5, 0.6) is 0 Å². The van der Waals surface area contributed by atoms with Gasteiger partial charge in [0.05, 0.1) is 30.2 Å². The molecule has 6 nitrogen and oxygen atoms in total. The van der Waals surface area contributed by atoms with Crippen LogP contribution in [0.1, 0.15) is 21.6 Å². The van der Waals surface area contributed by atoms with Crippen LogP contribution in [0.3, 0.4) is 0 Å². The average molecular weight is 330 g/mol. The molecule has 0 radical (unpaired) electrons. The molecule has 0 bridgehead atoms. The predicted octanol–water partition coefficient (Wildman–Crippen LogP) is 2.88. The number of hydrogen-bond acceptors (Lipinski definition) is 3. The Kier molecular flexibility index (Phi) is 4.16. The quantitative estimate of drug-likeness (QED) is 0.800. The standard InChI is InChI=1S/C16H16ClN5O/c1-11-15(8-18-21(11)2)16(23)20-14-7-19-22(10-14)9-12-3-5-13(17)6-4-12/h3-8,10H,9H2,1-2H3,(H,20,23). The molecular formula is C16H16ClN5O. The van der Waals surface area contributed by atoms with Gasteiger partial charge in [-0.2, -0.15) is 10.2 Å². The summed E-state index contributed by atoms with van der Waals surface area (Å²) in [6, 6.07) is 7.57. The Labute approximate surface area is 138 Å². The van der Waals surface area contributed by atoms with E-state index in [4.69, 9.17) is 11.6 Å². The SMILES string of the molecule is Cc1c(C(=O)Nc2cnn(Cc3ccc(Cl)cc3)c2)cnn1C. The molecule has 23 heavy (non-hydrogen) atoms. The van der Waals surface area contributed by atoms with Crippen molar-refractivity contribution in [1.29, 1.82) is 0 Å². The van der Waals surface area contributed by atoms with Crippen LogP contribution in [0.25, 0.3) is 0 Å². The zero-order valence-corrected chi connectivity index (χ0v) is 13.6. The molecule has 1 amide bonds. The smallest absolute Gasteiger partial charge is 0.259 e. The summed E-state index contributed by atoms with van der Waals surface area (Å²) in [7, 11) is 1.80. The molecular weight excluding hydrogens is 314 g/mol. The fourth-order valence-corrected chi connectivity index (χ4v) is 2.34. The van der Waals surface area contributed by atoms with Gasteiger partial charge in [-0.25, -0.2) is 0 Å². The minimum Gasteiger partial charge on any atom is -0.319 e. The number of halogens is 1. The van der Waals surface area contributed by atoms with E-state index in [9.17, 15) is 4.79 Å². The van der Waals surface area contributed by atoms with E-state index in [1.54, 1.807) is 35.0 Å². The van der Waals surface area contributed by atoms with Crippen molar-refractivity contribution < 1.29 is 4.79 Å².